The summed E-state index contributed by atoms with van der Waals surface area (Å²) in [6, 6.07) is 5.13. The van der Waals surface area contributed by atoms with Gasteiger partial charge in [-0.1, -0.05) is 18.9 Å². The molecule has 104 valence electrons. The highest BCUT2D eigenvalue weighted by molar-refractivity contribution is 7.10. The van der Waals surface area contributed by atoms with E-state index in [2.05, 4.69) is 28.1 Å². The van der Waals surface area contributed by atoms with Crippen molar-refractivity contribution < 1.29 is 4.79 Å². The van der Waals surface area contributed by atoms with Gasteiger partial charge in [-0.15, -0.1) is 11.3 Å². The fraction of sp³-hybridized carbons (Fsp3) is 0.667. The highest BCUT2D eigenvalue weighted by Crippen LogP contribution is 2.37. The molecule has 0 bridgehead atoms. The Labute approximate surface area is 118 Å². The van der Waals surface area contributed by atoms with E-state index in [1.807, 2.05) is 0 Å². The summed E-state index contributed by atoms with van der Waals surface area (Å²) < 4.78 is 0. The molecule has 0 aliphatic heterocycles. The second kappa shape index (κ2) is 6.06. The van der Waals surface area contributed by atoms with Crippen molar-refractivity contribution in [1.29, 1.82) is 0 Å². The van der Waals surface area contributed by atoms with Crippen molar-refractivity contribution in [3.63, 3.8) is 0 Å². The predicted octanol–water partition coefficient (Wildman–Crippen LogP) is 2.85. The van der Waals surface area contributed by atoms with Gasteiger partial charge < -0.3 is 10.6 Å². The van der Waals surface area contributed by atoms with Gasteiger partial charge in [0.2, 0.25) is 5.91 Å². The second-order valence-electron chi connectivity index (χ2n) is 5.76. The van der Waals surface area contributed by atoms with Gasteiger partial charge in [-0.25, -0.2) is 0 Å². The molecule has 4 heteroatoms. The molecule has 1 aromatic heterocycles. The molecule has 2 saturated carbocycles. The fourth-order valence-electron chi connectivity index (χ4n) is 2.97. The third kappa shape index (κ3) is 3.57. The van der Waals surface area contributed by atoms with Gasteiger partial charge in [-0.2, -0.15) is 0 Å². The van der Waals surface area contributed by atoms with Crippen LogP contribution in [0.3, 0.4) is 0 Å². The van der Waals surface area contributed by atoms with Crippen LogP contribution in [0.1, 0.15) is 49.4 Å². The molecule has 19 heavy (non-hydrogen) atoms. The summed E-state index contributed by atoms with van der Waals surface area (Å²) in [7, 11) is 0. The Kier molecular flexibility index (Phi) is 4.18. The van der Waals surface area contributed by atoms with Gasteiger partial charge in [0.1, 0.15) is 0 Å². The monoisotopic (exact) mass is 278 g/mol. The zero-order chi connectivity index (χ0) is 13.1. The quantitative estimate of drug-likeness (QED) is 0.840. The summed E-state index contributed by atoms with van der Waals surface area (Å²) >= 11 is 1.80. The van der Waals surface area contributed by atoms with Gasteiger partial charge in [0.05, 0.1) is 6.54 Å². The molecule has 1 aromatic rings. The standard InChI is InChI=1S/C15H22N2OS/c18-14(17-12-7-8-12)10-16-15(11-4-1-2-5-11)13-6-3-9-19-13/h3,6,9,11-12,15-16H,1-2,4-5,7-8,10H2,(H,17,18). The summed E-state index contributed by atoms with van der Waals surface area (Å²) in [5, 5.41) is 8.67. The lowest BCUT2D eigenvalue weighted by molar-refractivity contribution is -0.120. The molecule has 1 heterocycles. The molecule has 0 aromatic carbocycles. The minimum Gasteiger partial charge on any atom is -0.352 e. The minimum absolute atomic E-state index is 0.155. The Hall–Kier alpha value is -0.870. The largest absolute Gasteiger partial charge is 0.352 e. The van der Waals surface area contributed by atoms with Crippen molar-refractivity contribution in [2.75, 3.05) is 6.54 Å². The van der Waals surface area contributed by atoms with Crippen molar-refractivity contribution in [3.8, 4) is 0 Å². The first-order chi connectivity index (χ1) is 9.33. The predicted molar refractivity (Wildman–Crippen MR) is 78.2 cm³/mol. The van der Waals surface area contributed by atoms with E-state index < -0.39 is 0 Å². The van der Waals surface area contributed by atoms with Crippen molar-refractivity contribution in [3.05, 3.63) is 22.4 Å². The average Bonchev–Trinajstić information content (AvgIpc) is 2.89. The van der Waals surface area contributed by atoms with Gasteiger partial charge in [0, 0.05) is 17.0 Å². The van der Waals surface area contributed by atoms with E-state index in [1.54, 1.807) is 11.3 Å². The Bertz CT molecular complexity index is 408. The molecule has 1 unspecified atom stereocenters. The van der Waals surface area contributed by atoms with E-state index in [0.29, 0.717) is 24.5 Å². The molecule has 0 spiro atoms. The second-order valence-corrected chi connectivity index (χ2v) is 6.74. The fourth-order valence-corrected chi connectivity index (χ4v) is 3.86. The van der Waals surface area contributed by atoms with Crippen LogP contribution in [0, 0.1) is 5.92 Å². The number of hydrogen-bond donors (Lipinski definition) is 2. The SMILES string of the molecule is O=C(CNC(c1cccs1)C1CCCC1)NC1CC1. The normalized spacial score (nSPS) is 21.5. The highest BCUT2D eigenvalue weighted by Gasteiger charge is 2.28. The summed E-state index contributed by atoms with van der Waals surface area (Å²) in [5.41, 5.74) is 0. The highest BCUT2D eigenvalue weighted by atomic mass is 32.1. The van der Waals surface area contributed by atoms with Crippen LogP contribution in [-0.2, 0) is 4.79 Å². The zero-order valence-electron chi connectivity index (χ0n) is 11.2. The van der Waals surface area contributed by atoms with Gasteiger partial charge >= 0.3 is 0 Å². The molecule has 0 saturated heterocycles. The molecule has 2 aliphatic rings. The van der Waals surface area contributed by atoms with Gasteiger partial charge in [0.25, 0.3) is 0 Å². The molecule has 2 aliphatic carbocycles. The van der Waals surface area contributed by atoms with Crippen molar-refractivity contribution in [2.24, 2.45) is 5.92 Å². The lowest BCUT2D eigenvalue weighted by atomic mass is 9.96. The first-order valence-corrected chi connectivity index (χ1v) is 8.27. The number of nitrogens with one attached hydrogen (secondary N) is 2. The lowest BCUT2D eigenvalue weighted by Crippen LogP contribution is -2.38. The number of carbonyl (C=O) groups excluding carboxylic acids is 1. The van der Waals surface area contributed by atoms with Crippen LogP contribution in [-0.4, -0.2) is 18.5 Å². The number of carbonyl (C=O) groups is 1. The maximum absolute atomic E-state index is 11.8. The van der Waals surface area contributed by atoms with Gasteiger partial charge in [-0.3, -0.25) is 4.79 Å². The maximum Gasteiger partial charge on any atom is 0.234 e. The van der Waals surface area contributed by atoms with Crippen LogP contribution < -0.4 is 10.6 Å². The number of thiophene rings is 1. The summed E-state index contributed by atoms with van der Waals surface area (Å²) in [5.74, 6) is 0.856. The zero-order valence-corrected chi connectivity index (χ0v) is 12.0. The minimum atomic E-state index is 0.155. The molecular weight excluding hydrogens is 256 g/mol. The topological polar surface area (TPSA) is 41.1 Å². The number of hydrogen-bond acceptors (Lipinski definition) is 3. The summed E-state index contributed by atoms with van der Waals surface area (Å²) in [6.45, 7) is 0.454. The van der Waals surface area contributed by atoms with Crippen molar-refractivity contribution in [2.45, 2.75) is 50.6 Å². The smallest absolute Gasteiger partial charge is 0.234 e. The number of rotatable bonds is 6. The molecule has 2 N–H and O–H groups in total. The first kappa shape index (κ1) is 13.1. The third-order valence-electron chi connectivity index (χ3n) is 4.15. The molecule has 1 atom stereocenters. The molecule has 2 fully saturated rings. The van der Waals surface area contributed by atoms with E-state index in [1.165, 1.54) is 30.6 Å². The van der Waals surface area contributed by atoms with Crippen LogP contribution in [0.2, 0.25) is 0 Å². The molecule has 3 rings (SSSR count). The maximum atomic E-state index is 11.8. The Morgan fingerprint density at radius 1 is 1.32 bits per heavy atom. The van der Waals surface area contributed by atoms with E-state index in [9.17, 15) is 4.79 Å². The van der Waals surface area contributed by atoms with Crippen LogP contribution >= 0.6 is 11.3 Å². The summed E-state index contributed by atoms with van der Waals surface area (Å²) in [4.78, 5) is 13.2. The molecule has 1 amide bonds. The van der Waals surface area contributed by atoms with Gasteiger partial charge in [0.15, 0.2) is 0 Å². The van der Waals surface area contributed by atoms with Crippen molar-refractivity contribution >= 4 is 17.2 Å². The van der Waals surface area contributed by atoms with Crippen LogP contribution in [0.4, 0.5) is 0 Å². The van der Waals surface area contributed by atoms with Crippen LogP contribution in [0.25, 0.3) is 0 Å². The Balaban J connectivity index is 1.57. The Morgan fingerprint density at radius 2 is 2.11 bits per heavy atom. The van der Waals surface area contributed by atoms with E-state index >= 15 is 0 Å². The lowest BCUT2D eigenvalue weighted by Gasteiger charge is -2.23. The van der Waals surface area contributed by atoms with E-state index in [4.69, 9.17) is 0 Å². The number of amides is 1. The third-order valence-corrected chi connectivity index (χ3v) is 5.10. The first-order valence-electron chi connectivity index (χ1n) is 7.39. The van der Waals surface area contributed by atoms with E-state index in [0.717, 1.165) is 12.8 Å². The molecular formula is C15H22N2OS. The summed E-state index contributed by atoms with van der Waals surface area (Å²) in [6.07, 6.45) is 7.57. The molecule has 0 radical (unpaired) electrons. The van der Waals surface area contributed by atoms with Gasteiger partial charge in [-0.05, 0) is 43.0 Å². The van der Waals surface area contributed by atoms with Crippen molar-refractivity contribution in [1.82, 2.24) is 10.6 Å². The van der Waals surface area contributed by atoms with Crippen LogP contribution in [0.5, 0.6) is 0 Å². The van der Waals surface area contributed by atoms with E-state index in [-0.39, 0.29) is 5.91 Å². The average molecular weight is 278 g/mol. The van der Waals surface area contributed by atoms with Crippen LogP contribution in [0.15, 0.2) is 17.5 Å². The molecule has 3 nitrogen and oxygen atoms in total. The Morgan fingerprint density at radius 3 is 2.74 bits per heavy atom.